The van der Waals surface area contributed by atoms with E-state index in [4.69, 9.17) is 4.74 Å². The minimum absolute atomic E-state index is 0.140. The summed E-state index contributed by atoms with van der Waals surface area (Å²) in [6.07, 6.45) is 7.12. The van der Waals surface area contributed by atoms with Crippen LogP contribution in [0.15, 0.2) is 54.6 Å². The van der Waals surface area contributed by atoms with Gasteiger partial charge in [-0.1, -0.05) is 18.2 Å². The summed E-state index contributed by atoms with van der Waals surface area (Å²) in [6, 6.07) is 18.1. The van der Waals surface area contributed by atoms with Gasteiger partial charge >= 0.3 is 0 Å². The number of benzene rings is 2. The van der Waals surface area contributed by atoms with E-state index in [1.54, 1.807) is 0 Å². The number of fused-ring (bicyclic) bond motifs is 1. The Morgan fingerprint density at radius 2 is 1.60 bits per heavy atom. The number of carbonyl (C=O) groups excluding carboxylic acids is 2. The molecule has 186 valence electrons. The number of ether oxygens (including phenoxy) is 1. The molecule has 3 heterocycles. The molecule has 2 atom stereocenters. The number of para-hydroxylation sites is 1. The van der Waals surface area contributed by atoms with Crippen LogP contribution in [0.5, 0.6) is 5.75 Å². The largest absolute Gasteiger partial charge is 0.493 e. The minimum atomic E-state index is 0.140. The van der Waals surface area contributed by atoms with Gasteiger partial charge in [0.15, 0.2) is 0 Å². The quantitative estimate of drug-likeness (QED) is 0.613. The van der Waals surface area contributed by atoms with Gasteiger partial charge in [0.2, 0.25) is 5.91 Å². The van der Waals surface area contributed by atoms with Crippen molar-refractivity contribution < 1.29 is 14.3 Å². The number of carbonyl (C=O) groups is 2. The van der Waals surface area contributed by atoms with E-state index in [1.807, 2.05) is 47.4 Å². The molecule has 3 aliphatic rings. The monoisotopic (exact) mass is 475 g/mol. The Bertz CT molecular complexity index is 988. The fraction of sp³-hybridized carbons (Fsp3) is 0.517. The van der Waals surface area contributed by atoms with Gasteiger partial charge in [0, 0.05) is 50.0 Å². The predicted octanol–water partition coefficient (Wildman–Crippen LogP) is 4.60. The molecule has 6 nitrogen and oxygen atoms in total. The molecule has 2 aromatic carbocycles. The standard InChI is InChI=1S/C29H37N3O3/c33-28(16-21-35-26-9-3-1-4-10-26)31-20-15-27-24(22-31)8-7-19-32(27)29(34)23-11-13-25(14-12-23)30-17-5-2-6-18-30/h1,3-4,9-14,24,27H,2,5-8,15-22H2/t24-,27+/m1/s1. The Labute approximate surface area is 208 Å². The van der Waals surface area contributed by atoms with Crippen LogP contribution in [-0.2, 0) is 4.79 Å². The van der Waals surface area contributed by atoms with Gasteiger partial charge in [-0.15, -0.1) is 0 Å². The Hall–Kier alpha value is -3.02. The summed E-state index contributed by atoms with van der Waals surface area (Å²) in [7, 11) is 0. The number of hydrogen-bond donors (Lipinski definition) is 0. The molecule has 0 unspecified atom stereocenters. The van der Waals surface area contributed by atoms with E-state index >= 15 is 0 Å². The van der Waals surface area contributed by atoms with Gasteiger partial charge < -0.3 is 19.4 Å². The minimum Gasteiger partial charge on any atom is -0.493 e. The van der Waals surface area contributed by atoms with Crippen molar-refractivity contribution in [2.24, 2.45) is 5.92 Å². The number of nitrogens with zero attached hydrogens (tertiary/aromatic N) is 3. The highest BCUT2D eigenvalue weighted by atomic mass is 16.5. The maximum absolute atomic E-state index is 13.4. The molecule has 0 spiro atoms. The third kappa shape index (κ3) is 5.63. The van der Waals surface area contributed by atoms with Crippen molar-refractivity contribution in [3.63, 3.8) is 0 Å². The zero-order valence-corrected chi connectivity index (χ0v) is 20.6. The summed E-state index contributed by atoms with van der Waals surface area (Å²) in [5, 5.41) is 0. The number of amides is 2. The number of hydrogen-bond acceptors (Lipinski definition) is 4. The fourth-order valence-corrected chi connectivity index (χ4v) is 5.95. The van der Waals surface area contributed by atoms with Crippen LogP contribution in [-0.4, -0.2) is 67.0 Å². The van der Waals surface area contributed by atoms with Crippen LogP contribution in [0.2, 0.25) is 0 Å². The molecule has 0 saturated carbocycles. The summed E-state index contributed by atoms with van der Waals surface area (Å²) in [5.41, 5.74) is 2.00. The maximum atomic E-state index is 13.4. The van der Waals surface area contributed by atoms with E-state index in [2.05, 4.69) is 21.9 Å². The molecule has 3 saturated heterocycles. The zero-order valence-electron chi connectivity index (χ0n) is 20.6. The summed E-state index contributed by atoms with van der Waals surface area (Å²) in [6.45, 7) is 4.88. The van der Waals surface area contributed by atoms with Gasteiger partial charge in [0.05, 0.1) is 13.0 Å². The van der Waals surface area contributed by atoms with Crippen LogP contribution in [0.3, 0.4) is 0 Å². The van der Waals surface area contributed by atoms with E-state index in [0.717, 1.165) is 56.8 Å². The average molecular weight is 476 g/mol. The zero-order chi connectivity index (χ0) is 24.0. The second kappa shape index (κ2) is 11.1. The molecular formula is C29H37N3O3. The Kier molecular flexibility index (Phi) is 7.55. The van der Waals surface area contributed by atoms with Gasteiger partial charge in [0.25, 0.3) is 5.91 Å². The van der Waals surface area contributed by atoms with Gasteiger partial charge in [-0.25, -0.2) is 0 Å². The molecular weight excluding hydrogens is 438 g/mol. The first-order chi connectivity index (χ1) is 17.2. The number of anilines is 1. The lowest BCUT2D eigenvalue weighted by Gasteiger charge is -2.47. The van der Waals surface area contributed by atoms with E-state index in [-0.39, 0.29) is 17.9 Å². The lowest BCUT2D eigenvalue weighted by molar-refractivity contribution is -0.135. The third-order valence-electron chi connectivity index (χ3n) is 7.84. The Morgan fingerprint density at radius 1 is 0.829 bits per heavy atom. The van der Waals surface area contributed by atoms with Crippen LogP contribution < -0.4 is 9.64 Å². The number of likely N-dealkylation sites (tertiary alicyclic amines) is 2. The third-order valence-corrected chi connectivity index (χ3v) is 7.84. The molecule has 2 aromatic rings. The molecule has 3 aliphatic heterocycles. The molecule has 3 fully saturated rings. The summed E-state index contributed by atoms with van der Waals surface area (Å²) >= 11 is 0. The molecule has 6 heteroatoms. The molecule has 35 heavy (non-hydrogen) atoms. The molecule has 0 N–H and O–H groups in total. The molecule has 0 aliphatic carbocycles. The van der Waals surface area contributed by atoms with Crippen molar-refractivity contribution in [1.82, 2.24) is 9.80 Å². The topological polar surface area (TPSA) is 53.1 Å². The van der Waals surface area contributed by atoms with Gasteiger partial charge in [-0.05, 0) is 80.8 Å². The Balaban J connectivity index is 1.15. The van der Waals surface area contributed by atoms with E-state index < -0.39 is 0 Å². The van der Waals surface area contributed by atoms with Crippen molar-refractivity contribution in [2.75, 3.05) is 44.2 Å². The summed E-state index contributed by atoms with van der Waals surface area (Å²) < 4.78 is 5.72. The second-order valence-corrected chi connectivity index (χ2v) is 10.1. The lowest BCUT2D eigenvalue weighted by Crippen LogP contribution is -2.56. The van der Waals surface area contributed by atoms with E-state index in [1.165, 1.54) is 24.9 Å². The highest BCUT2D eigenvalue weighted by molar-refractivity contribution is 5.95. The number of piperidine rings is 3. The predicted molar refractivity (Wildman–Crippen MR) is 138 cm³/mol. The molecule has 0 radical (unpaired) electrons. The molecule has 2 amide bonds. The smallest absolute Gasteiger partial charge is 0.254 e. The molecule has 5 rings (SSSR count). The Morgan fingerprint density at radius 3 is 2.37 bits per heavy atom. The van der Waals surface area contributed by atoms with Crippen LogP contribution >= 0.6 is 0 Å². The average Bonchev–Trinajstić information content (AvgIpc) is 2.93. The summed E-state index contributed by atoms with van der Waals surface area (Å²) in [4.78, 5) is 32.8. The van der Waals surface area contributed by atoms with Gasteiger partial charge in [0.1, 0.15) is 5.75 Å². The summed E-state index contributed by atoms with van der Waals surface area (Å²) in [5.74, 6) is 1.44. The second-order valence-electron chi connectivity index (χ2n) is 10.1. The van der Waals surface area contributed by atoms with Crippen LogP contribution in [0, 0.1) is 5.92 Å². The van der Waals surface area contributed by atoms with Gasteiger partial charge in [-0.3, -0.25) is 9.59 Å². The number of rotatable bonds is 6. The fourth-order valence-electron chi connectivity index (χ4n) is 5.95. The first kappa shape index (κ1) is 23.7. The lowest BCUT2D eigenvalue weighted by atomic mass is 9.83. The van der Waals surface area contributed by atoms with Crippen molar-refractivity contribution >= 4 is 17.5 Å². The van der Waals surface area contributed by atoms with Crippen molar-refractivity contribution in [1.29, 1.82) is 0 Å². The normalized spacial score (nSPS) is 22.5. The molecule has 0 bridgehead atoms. The van der Waals surface area contributed by atoms with Crippen molar-refractivity contribution in [3.05, 3.63) is 60.2 Å². The van der Waals surface area contributed by atoms with Crippen LogP contribution in [0.4, 0.5) is 5.69 Å². The van der Waals surface area contributed by atoms with E-state index in [9.17, 15) is 9.59 Å². The van der Waals surface area contributed by atoms with Crippen molar-refractivity contribution in [3.8, 4) is 5.75 Å². The first-order valence-corrected chi connectivity index (χ1v) is 13.3. The highest BCUT2D eigenvalue weighted by Gasteiger charge is 2.39. The van der Waals surface area contributed by atoms with Crippen LogP contribution in [0.25, 0.3) is 0 Å². The first-order valence-electron chi connectivity index (χ1n) is 13.3. The highest BCUT2D eigenvalue weighted by Crippen LogP contribution is 2.32. The van der Waals surface area contributed by atoms with Crippen LogP contribution in [0.1, 0.15) is 55.3 Å². The van der Waals surface area contributed by atoms with Crippen molar-refractivity contribution in [2.45, 2.75) is 51.0 Å². The maximum Gasteiger partial charge on any atom is 0.254 e. The SMILES string of the molecule is O=C(CCOc1ccccc1)N1CC[C@H]2[C@H](CCCN2C(=O)c2ccc(N3CCCCC3)cc2)C1. The van der Waals surface area contributed by atoms with E-state index in [0.29, 0.717) is 25.5 Å². The van der Waals surface area contributed by atoms with Gasteiger partial charge in [-0.2, -0.15) is 0 Å². The molecule has 0 aromatic heterocycles.